The summed E-state index contributed by atoms with van der Waals surface area (Å²) in [6.07, 6.45) is 0. The highest BCUT2D eigenvalue weighted by Gasteiger charge is 2.11. The summed E-state index contributed by atoms with van der Waals surface area (Å²) >= 11 is 17.9. The summed E-state index contributed by atoms with van der Waals surface area (Å²) in [6, 6.07) is 10.2. The van der Waals surface area contributed by atoms with Gasteiger partial charge in [-0.25, -0.2) is 0 Å². The zero-order valence-corrected chi connectivity index (χ0v) is 12.3. The molecule has 5 heteroatoms. The second-order valence-corrected chi connectivity index (χ2v) is 5.21. The number of hydrogen-bond acceptors (Lipinski definition) is 1. The average Bonchev–Trinajstić information content (AvgIpc) is 2.38. The van der Waals surface area contributed by atoms with Crippen LogP contribution in [0.1, 0.15) is 15.9 Å². The summed E-state index contributed by atoms with van der Waals surface area (Å²) in [6.45, 7) is 1.87. The monoisotopic (exact) mass is 313 g/mol. The maximum Gasteiger partial charge on any atom is 0.255 e. The standard InChI is InChI=1S/C14H10Cl3NO/c1-8-5-6-9(7-11(8)16)14(19)18-12-4-2-3-10(15)13(12)17/h2-7H,1H3,(H,18,19). The molecule has 0 aromatic heterocycles. The molecule has 0 saturated carbocycles. The molecule has 1 N–H and O–H groups in total. The Bertz CT molecular complexity index is 641. The largest absolute Gasteiger partial charge is 0.321 e. The topological polar surface area (TPSA) is 29.1 Å². The van der Waals surface area contributed by atoms with E-state index in [1.807, 2.05) is 6.92 Å². The molecule has 0 fully saturated rings. The molecule has 2 rings (SSSR count). The van der Waals surface area contributed by atoms with E-state index < -0.39 is 0 Å². The predicted octanol–water partition coefficient (Wildman–Crippen LogP) is 5.21. The summed E-state index contributed by atoms with van der Waals surface area (Å²) in [4.78, 5) is 12.1. The van der Waals surface area contributed by atoms with Crippen LogP contribution >= 0.6 is 34.8 Å². The molecular weight excluding hydrogens is 305 g/mol. The maximum atomic E-state index is 12.1. The third-order valence-electron chi connectivity index (χ3n) is 2.63. The maximum absolute atomic E-state index is 12.1. The van der Waals surface area contributed by atoms with Crippen LogP contribution in [0.25, 0.3) is 0 Å². The van der Waals surface area contributed by atoms with Gasteiger partial charge in [0.05, 0.1) is 15.7 Å². The van der Waals surface area contributed by atoms with Gasteiger partial charge in [0.2, 0.25) is 0 Å². The molecular formula is C14H10Cl3NO. The van der Waals surface area contributed by atoms with Crippen LogP contribution in [-0.2, 0) is 0 Å². The predicted molar refractivity (Wildman–Crippen MR) is 80.6 cm³/mol. The Morgan fingerprint density at radius 3 is 2.47 bits per heavy atom. The summed E-state index contributed by atoms with van der Waals surface area (Å²) in [5.74, 6) is -0.286. The van der Waals surface area contributed by atoms with Gasteiger partial charge in [0.25, 0.3) is 5.91 Å². The molecule has 0 spiro atoms. The van der Waals surface area contributed by atoms with E-state index in [-0.39, 0.29) is 5.91 Å². The third-order valence-corrected chi connectivity index (χ3v) is 3.86. The summed E-state index contributed by atoms with van der Waals surface area (Å²) < 4.78 is 0. The summed E-state index contributed by atoms with van der Waals surface area (Å²) in [7, 11) is 0. The van der Waals surface area contributed by atoms with E-state index >= 15 is 0 Å². The van der Waals surface area contributed by atoms with Crippen molar-refractivity contribution in [2.75, 3.05) is 5.32 Å². The number of halogens is 3. The quantitative estimate of drug-likeness (QED) is 0.810. The molecule has 0 atom stereocenters. The molecule has 98 valence electrons. The summed E-state index contributed by atoms with van der Waals surface area (Å²) in [5.41, 5.74) is 1.85. The highest BCUT2D eigenvalue weighted by Crippen LogP contribution is 2.30. The molecule has 19 heavy (non-hydrogen) atoms. The first-order valence-corrected chi connectivity index (χ1v) is 6.64. The van der Waals surface area contributed by atoms with Crippen molar-refractivity contribution in [1.29, 1.82) is 0 Å². The number of rotatable bonds is 2. The molecule has 2 aromatic carbocycles. The van der Waals surface area contributed by atoms with Crippen molar-refractivity contribution >= 4 is 46.4 Å². The normalized spacial score (nSPS) is 10.3. The number of anilines is 1. The first-order chi connectivity index (χ1) is 8.99. The molecule has 0 saturated heterocycles. The Morgan fingerprint density at radius 2 is 1.79 bits per heavy atom. The van der Waals surface area contributed by atoms with E-state index in [1.54, 1.807) is 36.4 Å². The number of carbonyl (C=O) groups excluding carboxylic acids is 1. The molecule has 0 heterocycles. The van der Waals surface area contributed by atoms with Crippen LogP contribution in [0.2, 0.25) is 15.1 Å². The highest BCUT2D eigenvalue weighted by atomic mass is 35.5. The number of aryl methyl sites for hydroxylation is 1. The van der Waals surface area contributed by atoms with Gasteiger partial charge >= 0.3 is 0 Å². The van der Waals surface area contributed by atoms with Gasteiger partial charge in [0.1, 0.15) is 0 Å². The van der Waals surface area contributed by atoms with Gasteiger partial charge in [-0.15, -0.1) is 0 Å². The molecule has 1 amide bonds. The molecule has 0 radical (unpaired) electrons. The van der Waals surface area contributed by atoms with Gasteiger partial charge in [-0.2, -0.15) is 0 Å². The molecule has 0 bridgehead atoms. The minimum Gasteiger partial charge on any atom is -0.321 e. The van der Waals surface area contributed by atoms with E-state index in [2.05, 4.69) is 5.32 Å². The van der Waals surface area contributed by atoms with Crippen LogP contribution in [0.15, 0.2) is 36.4 Å². The molecule has 2 aromatic rings. The number of benzene rings is 2. The van der Waals surface area contributed by atoms with Crippen LogP contribution in [0.3, 0.4) is 0 Å². The van der Waals surface area contributed by atoms with Gasteiger partial charge in [0.15, 0.2) is 0 Å². The van der Waals surface area contributed by atoms with Crippen LogP contribution in [0, 0.1) is 6.92 Å². The third kappa shape index (κ3) is 3.21. The molecule has 0 aliphatic heterocycles. The van der Waals surface area contributed by atoms with Crippen molar-refractivity contribution < 1.29 is 4.79 Å². The lowest BCUT2D eigenvalue weighted by atomic mass is 10.1. The second kappa shape index (κ2) is 5.83. The minimum absolute atomic E-state index is 0.286. The van der Waals surface area contributed by atoms with Crippen molar-refractivity contribution in [2.45, 2.75) is 6.92 Å². The van der Waals surface area contributed by atoms with E-state index in [4.69, 9.17) is 34.8 Å². The number of nitrogens with one attached hydrogen (secondary N) is 1. The lowest BCUT2D eigenvalue weighted by molar-refractivity contribution is 0.102. The summed E-state index contributed by atoms with van der Waals surface area (Å²) in [5, 5.41) is 3.95. The van der Waals surface area contributed by atoms with E-state index in [1.165, 1.54) is 0 Å². The van der Waals surface area contributed by atoms with Crippen LogP contribution in [0.4, 0.5) is 5.69 Å². The first-order valence-electron chi connectivity index (χ1n) is 5.50. The van der Waals surface area contributed by atoms with E-state index in [0.29, 0.717) is 26.3 Å². The molecule has 2 nitrogen and oxygen atoms in total. The zero-order valence-electron chi connectivity index (χ0n) is 10.0. The minimum atomic E-state index is -0.286. The van der Waals surface area contributed by atoms with Gasteiger partial charge in [-0.05, 0) is 36.8 Å². The highest BCUT2D eigenvalue weighted by molar-refractivity contribution is 6.44. The average molecular weight is 315 g/mol. The van der Waals surface area contributed by atoms with E-state index in [9.17, 15) is 4.79 Å². The fourth-order valence-electron chi connectivity index (χ4n) is 1.53. The Morgan fingerprint density at radius 1 is 1.05 bits per heavy atom. The Hall–Kier alpha value is -1.22. The fraction of sp³-hybridized carbons (Fsp3) is 0.0714. The van der Waals surface area contributed by atoms with Crippen molar-refractivity contribution in [1.82, 2.24) is 0 Å². The van der Waals surface area contributed by atoms with E-state index in [0.717, 1.165) is 5.56 Å². The Balaban J connectivity index is 2.26. The SMILES string of the molecule is Cc1ccc(C(=O)Nc2cccc(Cl)c2Cl)cc1Cl. The first kappa shape index (κ1) is 14.2. The van der Waals surface area contributed by atoms with Crippen molar-refractivity contribution in [3.63, 3.8) is 0 Å². The lowest BCUT2D eigenvalue weighted by Gasteiger charge is -2.09. The fourth-order valence-corrected chi connectivity index (χ4v) is 2.06. The van der Waals surface area contributed by atoms with Gasteiger partial charge in [-0.3, -0.25) is 4.79 Å². The number of hydrogen-bond donors (Lipinski definition) is 1. The molecule has 0 unspecified atom stereocenters. The Labute approximate surface area is 126 Å². The van der Waals surface area contributed by atoms with Crippen molar-refractivity contribution in [2.24, 2.45) is 0 Å². The van der Waals surface area contributed by atoms with Gasteiger partial charge in [-0.1, -0.05) is 46.9 Å². The van der Waals surface area contributed by atoms with Crippen LogP contribution in [-0.4, -0.2) is 5.91 Å². The zero-order chi connectivity index (χ0) is 14.0. The van der Waals surface area contributed by atoms with Crippen LogP contribution < -0.4 is 5.32 Å². The lowest BCUT2D eigenvalue weighted by Crippen LogP contribution is -2.12. The second-order valence-electron chi connectivity index (χ2n) is 4.02. The molecule has 0 aliphatic carbocycles. The van der Waals surface area contributed by atoms with Crippen molar-refractivity contribution in [3.8, 4) is 0 Å². The molecule has 0 aliphatic rings. The smallest absolute Gasteiger partial charge is 0.255 e. The Kier molecular flexibility index (Phi) is 4.35. The van der Waals surface area contributed by atoms with Crippen molar-refractivity contribution in [3.05, 3.63) is 62.6 Å². The van der Waals surface area contributed by atoms with Gasteiger partial charge in [0, 0.05) is 10.6 Å². The van der Waals surface area contributed by atoms with Crippen LogP contribution in [0.5, 0.6) is 0 Å². The van der Waals surface area contributed by atoms with Gasteiger partial charge < -0.3 is 5.32 Å². The number of amides is 1. The number of carbonyl (C=O) groups is 1.